The van der Waals surface area contributed by atoms with Crippen molar-refractivity contribution in [2.75, 3.05) is 0 Å². The molecule has 0 unspecified atom stereocenters. The predicted molar refractivity (Wildman–Crippen MR) is 58.2 cm³/mol. The molecular weight excluding hydrogens is 281 g/mol. The second-order valence-corrected chi connectivity index (χ2v) is 4.32. The van der Waals surface area contributed by atoms with Gasteiger partial charge in [0.2, 0.25) is 5.91 Å². The summed E-state index contributed by atoms with van der Waals surface area (Å²) in [6.45, 7) is 4.16. The molecule has 0 aliphatic carbocycles. The first-order chi connectivity index (χ1) is 6.08. The molecule has 0 radical (unpaired) electrons. The van der Waals surface area contributed by atoms with Crippen LogP contribution in [-0.4, -0.2) is 21.7 Å². The lowest BCUT2D eigenvalue weighted by molar-refractivity contribution is -0.122. The van der Waals surface area contributed by atoms with E-state index in [1.54, 1.807) is 10.9 Å². The summed E-state index contributed by atoms with van der Waals surface area (Å²) in [7, 11) is 0. The predicted octanol–water partition coefficient (Wildman–Crippen LogP) is 1.01. The topological polar surface area (TPSA) is 46.9 Å². The molecular formula is C8H12IN3O. The van der Waals surface area contributed by atoms with Crippen molar-refractivity contribution in [3.8, 4) is 0 Å². The number of hydrogen-bond acceptors (Lipinski definition) is 2. The van der Waals surface area contributed by atoms with E-state index in [0.29, 0.717) is 6.54 Å². The summed E-state index contributed by atoms with van der Waals surface area (Å²) in [6.07, 6.45) is 3.56. The fourth-order valence-corrected chi connectivity index (χ4v) is 1.39. The van der Waals surface area contributed by atoms with Crippen molar-refractivity contribution < 1.29 is 4.79 Å². The van der Waals surface area contributed by atoms with Gasteiger partial charge >= 0.3 is 0 Å². The quantitative estimate of drug-likeness (QED) is 0.846. The number of nitrogens with one attached hydrogen (secondary N) is 1. The highest BCUT2D eigenvalue weighted by Crippen LogP contribution is 2.00. The summed E-state index contributed by atoms with van der Waals surface area (Å²) < 4.78 is 2.66. The summed E-state index contributed by atoms with van der Waals surface area (Å²) in [5.74, 6) is -0.00509. The van der Waals surface area contributed by atoms with Gasteiger partial charge in [0, 0.05) is 12.2 Å². The average molecular weight is 293 g/mol. The molecule has 1 aromatic rings. The SMILES string of the molecule is CC(C)NC(=O)Cn1cc(I)cn1. The van der Waals surface area contributed by atoms with E-state index in [9.17, 15) is 4.79 Å². The fourth-order valence-electron chi connectivity index (χ4n) is 0.940. The molecule has 72 valence electrons. The van der Waals surface area contributed by atoms with Crippen molar-refractivity contribution in [1.82, 2.24) is 15.1 Å². The van der Waals surface area contributed by atoms with Gasteiger partial charge in [-0.2, -0.15) is 5.10 Å². The Kier molecular flexibility index (Phi) is 3.71. The third-order valence-electron chi connectivity index (χ3n) is 1.36. The van der Waals surface area contributed by atoms with Crippen LogP contribution in [-0.2, 0) is 11.3 Å². The molecule has 13 heavy (non-hydrogen) atoms. The minimum atomic E-state index is -0.00509. The number of carbonyl (C=O) groups excluding carboxylic acids is 1. The van der Waals surface area contributed by atoms with Crippen LogP contribution in [0.5, 0.6) is 0 Å². The molecule has 0 fully saturated rings. The first-order valence-electron chi connectivity index (χ1n) is 4.05. The first-order valence-corrected chi connectivity index (χ1v) is 5.13. The van der Waals surface area contributed by atoms with Crippen LogP contribution in [0.2, 0.25) is 0 Å². The normalized spacial score (nSPS) is 10.5. The maximum atomic E-state index is 11.3. The molecule has 1 heterocycles. The van der Waals surface area contributed by atoms with Gasteiger partial charge in [-0.25, -0.2) is 0 Å². The Labute approximate surface area is 90.8 Å². The Bertz CT molecular complexity index is 295. The van der Waals surface area contributed by atoms with Gasteiger partial charge in [0.15, 0.2) is 0 Å². The van der Waals surface area contributed by atoms with Crippen LogP contribution >= 0.6 is 22.6 Å². The Hall–Kier alpha value is -0.590. The molecule has 1 amide bonds. The number of aromatic nitrogens is 2. The molecule has 0 aromatic carbocycles. The number of hydrogen-bond donors (Lipinski definition) is 1. The van der Waals surface area contributed by atoms with Crippen molar-refractivity contribution in [3.63, 3.8) is 0 Å². The number of amides is 1. The maximum absolute atomic E-state index is 11.3. The Balaban J connectivity index is 2.45. The zero-order chi connectivity index (χ0) is 9.84. The minimum Gasteiger partial charge on any atom is -0.352 e. The molecule has 4 nitrogen and oxygen atoms in total. The van der Waals surface area contributed by atoms with Crippen LogP contribution in [0.15, 0.2) is 12.4 Å². The summed E-state index contributed by atoms with van der Waals surface area (Å²) in [6, 6.07) is 0.183. The lowest BCUT2D eigenvalue weighted by atomic mass is 10.4. The van der Waals surface area contributed by atoms with Crippen molar-refractivity contribution >= 4 is 28.5 Å². The van der Waals surface area contributed by atoms with Gasteiger partial charge in [0.05, 0.1) is 9.77 Å². The van der Waals surface area contributed by atoms with E-state index in [4.69, 9.17) is 0 Å². The maximum Gasteiger partial charge on any atom is 0.241 e. The summed E-state index contributed by atoms with van der Waals surface area (Å²) in [5, 5.41) is 6.81. The van der Waals surface area contributed by atoms with Crippen molar-refractivity contribution in [2.45, 2.75) is 26.4 Å². The van der Waals surface area contributed by atoms with Crippen LogP contribution in [0.4, 0.5) is 0 Å². The van der Waals surface area contributed by atoms with Crippen LogP contribution in [0.3, 0.4) is 0 Å². The number of nitrogens with zero attached hydrogens (tertiary/aromatic N) is 2. The van der Waals surface area contributed by atoms with E-state index < -0.39 is 0 Å². The van der Waals surface area contributed by atoms with E-state index >= 15 is 0 Å². The van der Waals surface area contributed by atoms with Gasteiger partial charge in [0.1, 0.15) is 6.54 Å². The van der Waals surface area contributed by atoms with E-state index in [0.717, 1.165) is 3.57 Å². The minimum absolute atomic E-state index is 0.00509. The second-order valence-electron chi connectivity index (χ2n) is 3.08. The average Bonchev–Trinajstić information content (AvgIpc) is 2.33. The summed E-state index contributed by atoms with van der Waals surface area (Å²) >= 11 is 2.16. The third kappa shape index (κ3) is 3.75. The Morgan fingerprint density at radius 1 is 1.77 bits per heavy atom. The van der Waals surface area contributed by atoms with E-state index in [-0.39, 0.29) is 11.9 Å². The van der Waals surface area contributed by atoms with Crippen molar-refractivity contribution in [2.24, 2.45) is 0 Å². The zero-order valence-electron chi connectivity index (χ0n) is 7.62. The van der Waals surface area contributed by atoms with Crippen LogP contribution in [0, 0.1) is 3.57 Å². The van der Waals surface area contributed by atoms with Gasteiger partial charge < -0.3 is 5.32 Å². The highest BCUT2D eigenvalue weighted by Gasteiger charge is 2.04. The summed E-state index contributed by atoms with van der Waals surface area (Å²) in [5.41, 5.74) is 0. The third-order valence-corrected chi connectivity index (χ3v) is 1.91. The lowest BCUT2D eigenvalue weighted by Crippen LogP contribution is -2.33. The van der Waals surface area contributed by atoms with Crippen LogP contribution < -0.4 is 5.32 Å². The first kappa shape index (κ1) is 10.5. The fraction of sp³-hybridized carbons (Fsp3) is 0.500. The number of rotatable bonds is 3. The smallest absolute Gasteiger partial charge is 0.241 e. The zero-order valence-corrected chi connectivity index (χ0v) is 9.78. The molecule has 0 aliphatic heterocycles. The monoisotopic (exact) mass is 293 g/mol. The molecule has 0 atom stereocenters. The number of halogens is 1. The van der Waals surface area contributed by atoms with Crippen molar-refractivity contribution in [3.05, 3.63) is 16.0 Å². The van der Waals surface area contributed by atoms with Crippen molar-refractivity contribution in [1.29, 1.82) is 0 Å². The molecule has 5 heteroatoms. The van der Waals surface area contributed by atoms with E-state index in [2.05, 4.69) is 33.0 Å². The molecule has 0 bridgehead atoms. The molecule has 1 aromatic heterocycles. The molecule has 1 rings (SSSR count). The number of carbonyl (C=O) groups is 1. The largest absolute Gasteiger partial charge is 0.352 e. The Morgan fingerprint density at radius 3 is 2.92 bits per heavy atom. The summed E-state index contributed by atoms with van der Waals surface area (Å²) in [4.78, 5) is 11.3. The molecule has 0 spiro atoms. The van der Waals surface area contributed by atoms with E-state index in [1.165, 1.54) is 0 Å². The van der Waals surface area contributed by atoms with Gasteiger partial charge in [-0.1, -0.05) is 0 Å². The van der Waals surface area contributed by atoms with Crippen LogP contribution in [0.1, 0.15) is 13.8 Å². The highest BCUT2D eigenvalue weighted by atomic mass is 127. The van der Waals surface area contributed by atoms with Gasteiger partial charge in [-0.05, 0) is 36.4 Å². The molecule has 0 saturated heterocycles. The highest BCUT2D eigenvalue weighted by molar-refractivity contribution is 14.1. The lowest BCUT2D eigenvalue weighted by Gasteiger charge is -2.07. The van der Waals surface area contributed by atoms with Crippen LogP contribution in [0.25, 0.3) is 0 Å². The molecule has 0 aliphatic rings. The van der Waals surface area contributed by atoms with E-state index in [1.807, 2.05) is 20.0 Å². The van der Waals surface area contributed by atoms with Gasteiger partial charge in [-0.15, -0.1) is 0 Å². The second kappa shape index (κ2) is 4.59. The van der Waals surface area contributed by atoms with Gasteiger partial charge in [0.25, 0.3) is 0 Å². The molecule has 1 N–H and O–H groups in total. The molecule has 0 saturated carbocycles. The van der Waals surface area contributed by atoms with Gasteiger partial charge in [-0.3, -0.25) is 9.48 Å². The standard InChI is InChI=1S/C8H12IN3O/c1-6(2)11-8(13)5-12-4-7(9)3-10-12/h3-4,6H,5H2,1-2H3,(H,11,13). The Morgan fingerprint density at radius 2 is 2.46 bits per heavy atom.